The standard InChI is InChI=1S/C28H34FN7O2/c1-34-15-17-35(18-16-34)28(38)25(3-2-12-30-26-19-24(26)20-4-8-22(29)9-5-20)32-27(37)21-6-10-23(11-7-21)36-14-13-31-33-36/h4-11,13-14,24-26,30H,2-3,12,15-19H2,1H3,(H,32,37)/t24-,25?,26+/m1/s1. The quantitative estimate of drug-likeness (QED) is 0.399. The number of benzene rings is 2. The molecule has 2 heterocycles. The second kappa shape index (κ2) is 11.8. The molecule has 200 valence electrons. The van der Waals surface area contributed by atoms with Gasteiger partial charge in [-0.25, -0.2) is 9.07 Å². The molecule has 3 aromatic rings. The number of halogens is 1. The predicted molar refractivity (Wildman–Crippen MR) is 141 cm³/mol. The smallest absolute Gasteiger partial charge is 0.251 e. The van der Waals surface area contributed by atoms with Crippen molar-refractivity contribution in [3.8, 4) is 5.69 Å². The molecule has 2 aromatic carbocycles. The normalized spacial score (nSPS) is 20.2. The average molecular weight is 520 g/mol. The minimum Gasteiger partial charge on any atom is -0.340 e. The first kappa shape index (κ1) is 26.0. The van der Waals surface area contributed by atoms with E-state index in [0.29, 0.717) is 37.0 Å². The van der Waals surface area contributed by atoms with E-state index in [0.717, 1.165) is 43.7 Å². The van der Waals surface area contributed by atoms with Crippen LogP contribution in [0.15, 0.2) is 60.9 Å². The van der Waals surface area contributed by atoms with Crippen LogP contribution in [0.5, 0.6) is 0 Å². The van der Waals surface area contributed by atoms with Crippen LogP contribution >= 0.6 is 0 Å². The number of nitrogens with one attached hydrogen (secondary N) is 2. The molecule has 2 N–H and O–H groups in total. The molecule has 3 atom stereocenters. The van der Waals surface area contributed by atoms with Gasteiger partial charge in [-0.2, -0.15) is 0 Å². The number of hydrogen-bond donors (Lipinski definition) is 2. The van der Waals surface area contributed by atoms with E-state index in [1.807, 2.05) is 24.1 Å². The Morgan fingerprint density at radius 1 is 1.05 bits per heavy atom. The number of amides is 2. The van der Waals surface area contributed by atoms with Crippen LogP contribution in [-0.2, 0) is 4.79 Å². The molecule has 2 aliphatic rings. The SMILES string of the molecule is CN1CCN(C(=O)C(CCCN[C@H]2C[C@@H]2c2ccc(F)cc2)NC(=O)c2ccc(-n3ccnn3)cc2)CC1. The maximum absolute atomic E-state index is 13.4. The number of nitrogens with zero attached hydrogens (tertiary/aromatic N) is 5. The van der Waals surface area contributed by atoms with Crippen molar-refractivity contribution < 1.29 is 14.0 Å². The second-order valence-electron chi connectivity index (χ2n) is 10.1. The average Bonchev–Trinajstić information content (AvgIpc) is 3.49. The van der Waals surface area contributed by atoms with Crippen LogP contribution in [0.3, 0.4) is 0 Å². The number of piperazine rings is 1. The van der Waals surface area contributed by atoms with E-state index in [1.165, 1.54) is 12.1 Å². The lowest BCUT2D eigenvalue weighted by atomic mass is 10.1. The second-order valence-corrected chi connectivity index (χ2v) is 10.1. The molecule has 0 radical (unpaired) electrons. The summed E-state index contributed by atoms with van der Waals surface area (Å²) in [5.74, 6) is -0.114. The first-order valence-electron chi connectivity index (χ1n) is 13.2. The first-order valence-corrected chi connectivity index (χ1v) is 13.2. The minimum atomic E-state index is -0.588. The summed E-state index contributed by atoms with van der Waals surface area (Å²) in [6.45, 7) is 3.72. The Labute approximate surface area is 222 Å². The van der Waals surface area contributed by atoms with Gasteiger partial charge in [-0.1, -0.05) is 17.3 Å². The van der Waals surface area contributed by atoms with E-state index in [9.17, 15) is 14.0 Å². The summed E-state index contributed by atoms with van der Waals surface area (Å²) in [4.78, 5) is 30.6. The number of carbonyl (C=O) groups is 2. The fourth-order valence-corrected chi connectivity index (χ4v) is 4.95. The summed E-state index contributed by atoms with van der Waals surface area (Å²) < 4.78 is 14.8. The number of aromatic nitrogens is 3. The summed E-state index contributed by atoms with van der Waals surface area (Å²) in [5, 5.41) is 14.3. The molecule has 38 heavy (non-hydrogen) atoms. The largest absolute Gasteiger partial charge is 0.340 e. The number of likely N-dealkylation sites (N-methyl/N-ethyl adjacent to an activating group) is 1. The molecule has 10 heteroatoms. The molecule has 1 aliphatic heterocycles. The Balaban J connectivity index is 1.16. The van der Waals surface area contributed by atoms with Gasteiger partial charge in [0.15, 0.2) is 0 Å². The van der Waals surface area contributed by atoms with Crippen molar-refractivity contribution in [2.45, 2.75) is 37.3 Å². The molecule has 1 unspecified atom stereocenters. The molecule has 1 aliphatic carbocycles. The molecule has 9 nitrogen and oxygen atoms in total. The number of rotatable bonds is 10. The predicted octanol–water partition coefficient (Wildman–Crippen LogP) is 2.20. The molecule has 1 aromatic heterocycles. The lowest BCUT2D eigenvalue weighted by Crippen LogP contribution is -2.54. The van der Waals surface area contributed by atoms with Gasteiger partial charge in [0.2, 0.25) is 5.91 Å². The zero-order valence-electron chi connectivity index (χ0n) is 21.6. The third-order valence-electron chi connectivity index (χ3n) is 7.40. The number of carbonyl (C=O) groups excluding carboxylic acids is 2. The Kier molecular flexibility index (Phi) is 8.09. The molecule has 5 rings (SSSR count). The van der Waals surface area contributed by atoms with Crippen LogP contribution < -0.4 is 10.6 Å². The van der Waals surface area contributed by atoms with Crippen LogP contribution in [0.25, 0.3) is 5.69 Å². The molecule has 0 bridgehead atoms. The lowest BCUT2D eigenvalue weighted by molar-refractivity contribution is -0.135. The summed E-state index contributed by atoms with van der Waals surface area (Å²) >= 11 is 0. The van der Waals surface area contributed by atoms with E-state index in [2.05, 4.69) is 25.8 Å². The molecule has 1 saturated heterocycles. The first-order chi connectivity index (χ1) is 18.5. The van der Waals surface area contributed by atoms with Gasteiger partial charge in [-0.05, 0) is 74.8 Å². The van der Waals surface area contributed by atoms with Crippen LogP contribution in [0, 0.1) is 5.82 Å². The van der Waals surface area contributed by atoms with Gasteiger partial charge in [0, 0.05) is 43.7 Å². The Bertz CT molecular complexity index is 1210. The highest BCUT2D eigenvalue weighted by Crippen LogP contribution is 2.40. The Morgan fingerprint density at radius 2 is 1.79 bits per heavy atom. The minimum absolute atomic E-state index is 0.0266. The van der Waals surface area contributed by atoms with E-state index < -0.39 is 6.04 Å². The van der Waals surface area contributed by atoms with Crippen molar-refractivity contribution in [3.05, 3.63) is 77.9 Å². The summed E-state index contributed by atoms with van der Waals surface area (Å²) in [6.07, 6.45) is 5.65. The monoisotopic (exact) mass is 519 g/mol. The van der Waals surface area contributed by atoms with Crippen LogP contribution in [0.4, 0.5) is 4.39 Å². The fraction of sp³-hybridized carbons (Fsp3) is 0.429. The topological polar surface area (TPSA) is 95.4 Å². The van der Waals surface area contributed by atoms with Crippen molar-refractivity contribution in [2.75, 3.05) is 39.8 Å². The third-order valence-corrected chi connectivity index (χ3v) is 7.40. The molecule has 2 fully saturated rings. The highest BCUT2D eigenvalue weighted by atomic mass is 19.1. The van der Waals surface area contributed by atoms with Crippen molar-refractivity contribution in [1.29, 1.82) is 0 Å². The van der Waals surface area contributed by atoms with E-state index >= 15 is 0 Å². The zero-order chi connectivity index (χ0) is 26.5. The van der Waals surface area contributed by atoms with Crippen molar-refractivity contribution in [1.82, 2.24) is 35.4 Å². The third kappa shape index (κ3) is 6.43. The molecular weight excluding hydrogens is 485 g/mol. The summed E-state index contributed by atoms with van der Waals surface area (Å²) in [6, 6.07) is 13.5. The van der Waals surface area contributed by atoms with Gasteiger partial charge >= 0.3 is 0 Å². The fourth-order valence-electron chi connectivity index (χ4n) is 4.95. The van der Waals surface area contributed by atoms with Gasteiger partial charge in [-0.15, -0.1) is 5.10 Å². The van der Waals surface area contributed by atoms with Gasteiger partial charge < -0.3 is 20.4 Å². The zero-order valence-corrected chi connectivity index (χ0v) is 21.6. The van der Waals surface area contributed by atoms with E-state index in [4.69, 9.17) is 0 Å². The summed E-state index contributed by atoms with van der Waals surface area (Å²) in [5.41, 5.74) is 2.44. The van der Waals surface area contributed by atoms with Crippen LogP contribution in [-0.4, -0.2) is 88.5 Å². The maximum atomic E-state index is 13.4. The Hall–Kier alpha value is -3.63. The summed E-state index contributed by atoms with van der Waals surface area (Å²) in [7, 11) is 2.05. The van der Waals surface area contributed by atoms with Crippen LogP contribution in [0.2, 0.25) is 0 Å². The number of hydrogen-bond acceptors (Lipinski definition) is 6. The van der Waals surface area contributed by atoms with Crippen molar-refractivity contribution in [3.63, 3.8) is 0 Å². The Morgan fingerprint density at radius 3 is 2.47 bits per heavy atom. The highest BCUT2D eigenvalue weighted by Gasteiger charge is 2.37. The lowest BCUT2D eigenvalue weighted by Gasteiger charge is -2.34. The van der Waals surface area contributed by atoms with Gasteiger partial charge in [-0.3, -0.25) is 9.59 Å². The van der Waals surface area contributed by atoms with E-state index in [-0.39, 0.29) is 17.6 Å². The highest BCUT2D eigenvalue weighted by molar-refractivity contribution is 5.97. The molecule has 2 amide bonds. The van der Waals surface area contributed by atoms with Gasteiger partial charge in [0.05, 0.1) is 18.1 Å². The van der Waals surface area contributed by atoms with Gasteiger partial charge in [0.25, 0.3) is 5.91 Å². The molecular formula is C28H34FN7O2. The van der Waals surface area contributed by atoms with Crippen molar-refractivity contribution >= 4 is 11.8 Å². The van der Waals surface area contributed by atoms with Crippen LogP contribution in [0.1, 0.15) is 41.1 Å². The maximum Gasteiger partial charge on any atom is 0.251 e. The molecule has 0 spiro atoms. The molecule has 1 saturated carbocycles. The van der Waals surface area contributed by atoms with E-state index in [1.54, 1.807) is 41.3 Å². The van der Waals surface area contributed by atoms with Gasteiger partial charge in [0.1, 0.15) is 11.9 Å². The van der Waals surface area contributed by atoms with Crippen molar-refractivity contribution in [2.24, 2.45) is 0 Å².